The van der Waals surface area contributed by atoms with Gasteiger partial charge in [0.05, 0.1) is 24.1 Å². The van der Waals surface area contributed by atoms with Gasteiger partial charge in [0.25, 0.3) is 0 Å². The van der Waals surface area contributed by atoms with Crippen molar-refractivity contribution in [2.45, 2.75) is 132 Å². The molecular formula is C35H50O14. The third kappa shape index (κ3) is 8.03. The smallest absolute Gasteiger partial charge is 0.334 e. The molecule has 0 radical (unpaired) electrons. The number of hydrogen-bond donors (Lipinski definition) is 6. The van der Waals surface area contributed by atoms with Crippen LogP contribution in [0.3, 0.4) is 0 Å². The van der Waals surface area contributed by atoms with Crippen LogP contribution in [0.1, 0.15) is 60.3 Å². The zero-order valence-electron chi connectivity index (χ0n) is 28.6. The number of carbonyl (C=O) groups is 2. The van der Waals surface area contributed by atoms with Gasteiger partial charge in [-0.25, -0.2) is 9.59 Å². The Bertz CT molecular complexity index is 1350. The van der Waals surface area contributed by atoms with E-state index in [0.717, 1.165) is 0 Å². The van der Waals surface area contributed by atoms with Crippen LogP contribution in [-0.2, 0) is 38.0 Å². The van der Waals surface area contributed by atoms with Crippen molar-refractivity contribution in [3.63, 3.8) is 0 Å². The Balaban J connectivity index is 1.65. The molecule has 274 valence electrons. The minimum absolute atomic E-state index is 0.210. The topological polar surface area (TPSA) is 214 Å². The fourth-order valence-corrected chi connectivity index (χ4v) is 6.41. The lowest BCUT2D eigenvalue weighted by Gasteiger charge is -2.46. The fourth-order valence-electron chi connectivity index (χ4n) is 6.41. The minimum Gasteiger partial charge on any atom is -0.472 e. The normalized spacial score (nSPS) is 39.4. The van der Waals surface area contributed by atoms with Crippen LogP contribution in [0.25, 0.3) is 0 Å². The number of ether oxygens (including phenoxy) is 6. The first-order valence-corrected chi connectivity index (χ1v) is 16.3. The number of rotatable bonds is 15. The van der Waals surface area contributed by atoms with Crippen molar-refractivity contribution >= 4 is 11.9 Å². The van der Waals surface area contributed by atoms with Gasteiger partial charge in [0, 0.05) is 11.1 Å². The fraction of sp³-hybridized carbons (Fsp3) is 0.657. The molecule has 6 N–H and O–H groups in total. The maximum absolute atomic E-state index is 13.7. The Morgan fingerprint density at radius 3 is 2.04 bits per heavy atom. The predicted octanol–water partition coefficient (Wildman–Crippen LogP) is 0.981. The van der Waals surface area contributed by atoms with Gasteiger partial charge in [-0.2, -0.15) is 0 Å². The maximum atomic E-state index is 13.7. The molecule has 0 amide bonds. The van der Waals surface area contributed by atoms with E-state index in [1.807, 2.05) is 0 Å². The van der Waals surface area contributed by atoms with Crippen LogP contribution in [0.5, 0.6) is 0 Å². The molecule has 0 aromatic rings. The van der Waals surface area contributed by atoms with Crippen molar-refractivity contribution in [3.8, 4) is 0 Å². The summed E-state index contributed by atoms with van der Waals surface area (Å²) in [5, 5.41) is 61.5. The molecule has 0 aromatic carbocycles. The predicted molar refractivity (Wildman–Crippen MR) is 172 cm³/mol. The van der Waals surface area contributed by atoms with Crippen LogP contribution in [0, 0.1) is 5.92 Å². The van der Waals surface area contributed by atoms with Gasteiger partial charge in [0.1, 0.15) is 42.0 Å². The molecule has 0 unspecified atom stereocenters. The monoisotopic (exact) mass is 694 g/mol. The van der Waals surface area contributed by atoms with E-state index in [4.69, 9.17) is 28.4 Å². The second kappa shape index (κ2) is 14.7. The van der Waals surface area contributed by atoms with E-state index in [-0.39, 0.29) is 11.1 Å². The van der Waals surface area contributed by atoms with Gasteiger partial charge in [-0.05, 0) is 66.4 Å². The molecule has 49 heavy (non-hydrogen) atoms. The molecule has 2 saturated heterocycles. The van der Waals surface area contributed by atoms with Crippen LogP contribution in [0.2, 0.25) is 0 Å². The standard InChI is InChI=1S/C35H50O14/c1-8-32(5,42)14-10-12-19(3)28(40)46-27-26-34(7,48-26)25-31(47-30-24(39)23(38)22(37)21(18-36)45-30)44-17-16-35(25,27)49-29(41)20(4)13-11-15-33(6,43)9-2/h8-9,12-13,16-17,21-27,30-31,36-39,42-43H,1-2,10-11,14-15,18H2,3-7H3/b19-12+,20-13+/t21-,22-,23+,24-,25-,26+,27-,30+,31+,32-,33-,34-,35+/m1/s1. The Kier molecular flexibility index (Phi) is 11.7. The summed E-state index contributed by atoms with van der Waals surface area (Å²) >= 11 is 0. The highest BCUT2D eigenvalue weighted by Gasteiger charge is 2.83. The molecule has 0 spiro atoms. The molecular weight excluding hydrogens is 644 g/mol. The summed E-state index contributed by atoms with van der Waals surface area (Å²) in [5.41, 5.74) is -4.69. The number of hydrogen-bond acceptors (Lipinski definition) is 14. The number of epoxide rings is 1. The highest BCUT2D eigenvalue weighted by atomic mass is 16.8. The molecule has 3 fully saturated rings. The second-order valence-electron chi connectivity index (χ2n) is 13.9. The Morgan fingerprint density at radius 1 is 0.918 bits per heavy atom. The summed E-state index contributed by atoms with van der Waals surface area (Å²) in [6.07, 6.45) is -1.37. The van der Waals surface area contributed by atoms with E-state index in [2.05, 4.69) is 13.2 Å². The SMILES string of the molecule is C=C[C@@](C)(O)CC/C=C(\C)C(=O)O[C@@H]1[C@@H]2O[C@]2(C)[C@H]2[C@H](O[C@@H]3O[C@H](CO)[C@@H](O)[C@H](O)[C@H]3O)OC=C[C@@]12OC(=O)/C(C)=C/CC[C@](C)(O)C=C. The van der Waals surface area contributed by atoms with Crippen molar-refractivity contribution in [1.29, 1.82) is 0 Å². The zero-order valence-corrected chi connectivity index (χ0v) is 28.6. The van der Waals surface area contributed by atoms with Gasteiger partial charge in [-0.3, -0.25) is 0 Å². The Hall–Kier alpha value is -2.92. The summed E-state index contributed by atoms with van der Waals surface area (Å²) < 4.78 is 35.6. The lowest BCUT2D eigenvalue weighted by atomic mass is 9.81. The van der Waals surface area contributed by atoms with Crippen LogP contribution in [-0.4, -0.2) is 121 Å². The molecule has 4 rings (SSSR count). The van der Waals surface area contributed by atoms with Gasteiger partial charge in [-0.1, -0.05) is 24.3 Å². The molecule has 14 nitrogen and oxygen atoms in total. The number of allylic oxidation sites excluding steroid dienone is 2. The molecule has 3 heterocycles. The summed E-state index contributed by atoms with van der Waals surface area (Å²) in [6, 6.07) is 0. The Morgan fingerprint density at radius 2 is 1.49 bits per heavy atom. The molecule has 4 aliphatic rings. The van der Waals surface area contributed by atoms with Gasteiger partial charge >= 0.3 is 11.9 Å². The molecule has 0 bridgehead atoms. The van der Waals surface area contributed by atoms with Crippen LogP contribution >= 0.6 is 0 Å². The third-order valence-corrected chi connectivity index (χ3v) is 9.87. The average Bonchev–Trinajstić information content (AvgIpc) is 3.68. The van der Waals surface area contributed by atoms with Gasteiger partial charge in [0.15, 0.2) is 18.0 Å². The van der Waals surface area contributed by atoms with Crippen LogP contribution in [0.15, 0.2) is 60.9 Å². The van der Waals surface area contributed by atoms with Crippen molar-refractivity contribution < 1.29 is 68.6 Å². The first-order valence-electron chi connectivity index (χ1n) is 16.3. The molecule has 1 saturated carbocycles. The average molecular weight is 695 g/mol. The first-order chi connectivity index (χ1) is 22.9. The minimum atomic E-state index is -1.75. The molecule has 13 atom stereocenters. The molecule has 14 heteroatoms. The van der Waals surface area contributed by atoms with E-state index in [1.165, 1.54) is 24.5 Å². The number of aliphatic hydroxyl groups is 6. The summed E-state index contributed by atoms with van der Waals surface area (Å²) in [4.78, 5) is 27.1. The van der Waals surface area contributed by atoms with E-state index < -0.39 is 96.1 Å². The summed E-state index contributed by atoms with van der Waals surface area (Å²) in [7, 11) is 0. The third-order valence-electron chi connectivity index (χ3n) is 9.87. The largest absolute Gasteiger partial charge is 0.472 e. The van der Waals surface area contributed by atoms with Gasteiger partial charge in [-0.15, -0.1) is 13.2 Å². The molecule has 1 aliphatic carbocycles. The van der Waals surface area contributed by atoms with Crippen molar-refractivity contribution in [1.82, 2.24) is 0 Å². The quantitative estimate of drug-likeness (QED) is 0.0611. The van der Waals surface area contributed by atoms with Crippen molar-refractivity contribution in [2.24, 2.45) is 5.92 Å². The maximum Gasteiger partial charge on any atom is 0.334 e. The number of aliphatic hydroxyl groups excluding tert-OH is 4. The lowest BCUT2D eigenvalue weighted by molar-refractivity contribution is -0.350. The highest BCUT2D eigenvalue weighted by Crippen LogP contribution is 2.63. The lowest BCUT2D eigenvalue weighted by Crippen LogP contribution is -2.62. The van der Waals surface area contributed by atoms with E-state index in [0.29, 0.717) is 25.7 Å². The summed E-state index contributed by atoms with van der Waals surface area (Å²) in [6.45, 7) is 14.5. The van der Waals surface area contributed by atoms with Gasteiger partial charge in [0.2, 0.25) is 6.29 Å². The van der Waals surface area contributed by atoms with Crippen molar-refractivity contribution in [3.05, 3.63) is 60.9 Å². The second-order valence-corrected chi connectivity index (χ2v) is 13.9. The number of esters is 2. The van der Waals surface area contributed by atoms with E-state index >= 15 is 0 Å². The van der Waals surface area contributed by atoms with E-state index in [9.17, 15) is 40.2 Å². The Labute approximate surface area is 285 Å². The van der Waals surface area contributed by atoms with E-state index in [1.54, 1.807) is 46.8 Å². The molecule has 3 aliphatic heterocycles. The van der Waals surface area contributed by atoms with Gasteiger partial charge < -0.3 is 59.1 Å². The number of fused-ring (bicyclic) bond motifs is 3. The summed E-state index contributed by atoms with van der Waals surface area (Å²) in [5.74, 6) is -2.50. The first kappa shape index (κ1) is 38.9. The van der Waals surface area contributed by atoms with Crippen molar-refractivity contribution in [2.75, 3.05) is 6.61 Å². The van der Waals surface area contributed by atoms with Crippen LogP contribution in [0.4, 0.5) is 0 Å². The number of carbonyl (C=O) groups excluding carboxylic acids is 2. The molecule has 0 aromatic heterocycles. The zero-order chi connectivity index (χ0) is 36.5. The van der Waals surface area contributed by atoms with Crippen LogP contribution < -0.4 is 0 Å². The highest BCUT2D eigenvalue weighted by molar-refractivity contribution is 5.89.